The average molecular weight is 1310 g/mol. The van der Waals surface area contributed by atoms with Crippen LogP contribution in [-0.4, -0.2) is 13.1 Å². The van der Waals surface area contributed by atoms with E-state index in [0.717, 1.165) is 56.4 Å². The molecule has 4 heterocycles. The van der Waals surface area contributed by atoms with E-state index in [1.54, 1.807) is 0 Å². The minimum atomic E-state index is -3.01. The Hall–Kier alpha value is -7.76. The molecule has 0 saturated carbocycles. The molecule has 1 spiro atoms. The summed E-state index contributed by atoms with van der Waals surface area (Å²) < 4.78 is 52.9. The molecule has 0 atom stereocenters. The van der Waals surface area contributed by atoms with Crippen molar-refractivity contribution in [3.63, 3.8) is 0 Å². The minimum absolute atomic E-state index is 0. The van der Waals surface area contributed by atoms with E-state index < -0.39 is 19.5 Å². The van der Waals surface area contributed by atoms with Gasteiger partial charge < -0.3 is 19.4 Å². The number of fused-ring (bicyclic) bond motifs is 10. The number of benzene rings is 9. The molecule has 0 fully saturated rings. The van der Waals surface area contributed by atoms with Crippen molar-refractivity contribution in [1.29, 1.82) is 0 Å². The first-order valence-electron chi connectivity index (χ1n) is 31.8. The third kappa shape index (κ3) is 9.97. The van der Waals surface area contributed by atoms with Crippen molar-refractivity contribution < 1.29 is 32.7 Å². The summed E-state index contributed by atoms with van der Waals surface area (Å²) in [6.45, 7) is 33.0. The van der Waals surface area contributed by atoms with Crippen LogP contribution in [-0.2, 0) is 42.7 Å². The number of hydrogen-bond acceptors (Lipinski definition) is 5. The molecule has 85 heavy (non-hydrogen) atoms. The smallest absolute Gasteiger partial charge is 0.135 e. The molecule has 9 aromatic carbocycles. The number of ether oxygens (including phenoxy) is 1. The molecular weight excluding hydrogens is 1230 g/mol. The van der Waals surface area contributed by atoms with Crippen LogP contribution in [0, 0.1) is 32.6 Å². The van der Waals surface area contributed by atoms with Crippen molar-refractivity contribution in [1.82, 2.24) is 4.98 Å². The molecule has 13 rings (SSSR count). The molecule has 0 radical (unpaired) electrons. The summed E-state index contributed by atoms with van der Waals surface area (Å²) in [6.07, 6.45) is 1.92. The summed E-state index contributed by atoms with van der Waals surface area (Å²) in [5, 5.41) is 5.23. The summed E-state index contributed by atoms with van der Waals surface area (Å²) in [6, 6.07) is 62.7. The Kier molecular flexibility index (Phi) is 12.8. The Morgan fingerprint density at radius 1 is 0.471 bits per heavy atom. The second kappa shape index (κ2) is 21.0. The van der Waals surface area contributed by atoms with E-state index in [1.807, 2.05) is 49.3 Å². The first-order chi connectivity index (χ1) is 42.0. The van der Waals surface area contributed by atoms with Gasteiger partial charge in [-0.3, -0.25) is 0 Å². The zero-order valence-electron chi connectivity index (χ0n) is 56.2. The van der Waals surface area contributed by atoms with Gasteiger partial charge in [-0.05, 0) is 138 Å². The minimum Gasteiger partial charge on any atom is -0.509 e. The van der Waals surface area contributed by atoms with E-state index in [2.05, 4.69) is 245 Å². The Labute approximate surface area is 527 Å². The van der Waals surface area contributed by atoms with Crippen molar-refractivity contribution in [2.75, 3.05) is 14.7 Å². The molecule has 430 valence electrons. The molecule has 1 aromatic heterocycles. The average Bonchev–Trinajstić information content (AvgIpc) is 1.43. The number of aromatic nitrogens is 1. The topological polar surface area (TPSA) is 31.8 Å². The van der Waals surface area contributed by atoms with Gasteiger partial charge in [-0.15, -0.1) is 47.9 Å². The fourth-order valence-corrected chi connectivity index (χ4v) is 18.1. The molecule has 0 unspecified atom stereocenters. The van der Waals surface area contributed by atoms with Gasteiger partial charge in [0.25, 0.3) is 0 Å². The molecule has 0 amide bonds. The van der Waals surface area contributed by atoms with Crippen LogP contribution < -0.4 is 40.2 Å². The first-order valence-corrected chi connectivity index (χ1v) is 31.3. The number of nitrogens with zero attached hydrogens (tertiary/aromatic N) is 4. The molecule has 0 aliphatic carbocycles. The number of pyridine rings is 1. The molecule has 0 N–H and O–H groups in total. The molecule has 3 aliphatic rings. The third-order valence-electron chi connectivity index (χ3n) is 17.2. The molecular formula is C78H75N4OPtSi-3. The van der Waals surface area contributed by atoms with E-state index >= 15 is 0 Å². The summed E-state index contributed by atoms with van der Waals surface area (Å²) in [4.78, 5) is 11.7. The van der Waals surface area contributed by atoms with Crippen molar-refractivity contribution >= 4 is 68.8 Å². The normalized spacial score (nSPS) is 14.9. The number of anilines is 7. The van der Waals surface area contributed by atoms with Crippen molar-refractivity contribution in [3.05, 3.63) is 246 Å². The Bertz CT molecular complexity index is 4460. The largest absolute Gasteiger partial charge is 0.509 e. The van der Waals surface area contributed by atoms with Crippen LogP contribution in [0.3, 0.4) is 0 Å². The van der Waals surface area contributed by atoms with Crippen molar-refractivity contribution in [2.45, 2.75) is 119 Å². The van der Waals surface area contributed by atoms with Gasteiger partial charge in [0, 0.05) is 72.6 Å². The maximum atomic E-state index is 9.56. The number of para-hydroxylation sites is 3. The van der Waals surface area contributed by atoms with Crippen molar-refractivity contribution in [2.24, 2.45) is 0 Å². The molecule has 10 aromatic rings. The summed E-state index contributed by atoms with van der Waals surface area (Å²) in [5.41, 5.74) is 16.0. The second-order valence-corrected chi connectivity index (χ2v) is 30.9. The molecule has 7 heteroatoms. The number of hydrogen-bond donors (Lipinski definition) is 0. The van der Waals surface area contributed by atoms with E-state index in [4.69, 9.17) is 13.8 Å². The third-order valence-corrected chi connectivity index (χ3v) is 22.1. The van der Waals surface area contributed by atoms with Crippen LogP contribution in [0.2, 0.25) is 0 Å². The van der Waals surface area contributed by atoms with Gasteiger partial charge in [-0.25, -0.2) is 4.98 Å². The number of rotatable bonds is 7. The maximum Gasteiger partial charge on any atom is 0.135 e. The Balaban J connectivity index is 0.00000785. The van der Waals surface area contributed by atoms with Gasteiger partial charge in [0.05, 0.1) is 6.85 Å². The predicted octanol–water partition coefficient (Wildman–Crippen LogP) is 18.2. The van der Waals surface area contributed by atoms with Gasteiger partial charge >= 0.3 is 0 Å². The van der Waals surface area contributed by atoms with Gasteiger partial charge in [0.15, 0.2) is 0 Å². The SMILES string of the molecule is [2H]c1c([2H])c([2H])c(-c2cc(C(C)(C)C)cc(-c3cc(C(C)(C)C)cc(C(C)(C)C)c3)c2N2[CH-]N(c3[c-]c(Oc4[c-]c5c(cc4)[Si]4(c6ccc(C)cc6-c6cc(C)ccc64)c4ccccc4N5c4cc(C(C)(C)C)ccn4)ccc3)c3ccccc32)c([2H])c1[2H].[Pt]. The van der Waals surface area contributed by atoms with Gasteiger partial charge in [0.1, 0.15) is 13.9 Å². The van der Waals surface area contributed by atoms with Crippen molar-refractivity contribution in [3.8, 4) is 44.9 Å². The zero-order chi connectivity index (χ0) is 63.2. The van der Waals surface area contributed by atoms with Gasteiger partial charge in [-0.2, -0.15) is 12.1 Å². The van der Waals surface area contributed by atoms with Gasteiger partial charge in [0.2, 0.25) is 0 Å². The Morgan fingerprint density at radius 3 is 1.62 bits per heavy atom. The fraction of sp³-hybridized carbons (Fsp3) is 0.231. The zero-order valence-corrected chi connectivity index (χ0v) is 54.5. The van der Waals surface area contributed by atoms with Crippen LogP contribution >= 0.6 is 0 Å². The van der Waals surface area contributed by atoms with Crippen LogP contribution in [0.1, 0.15) is 123 Å². The monoisotopic (exact) mass is 1310 g/mol. The van der Waals surface area contributed by atoms with Crippen LogP contribution in [0.5, 0.6) is 11.5 Å². The Morgan fingerprint density at radius 2 is 1.01 bits per heavy atom. The number of aryl methyl sites for hydroxylation is 2. The molecule has 3 aliphatic heterocycles. The molecule has 5 nitrogen and oxygen atoms in total. The quantitative estimate of drug-likeness (QED) is 0.117. The van der Waals surface area contributed by atoms with E-state index in [-0.39, 0.29) is 67.0 Å². The molecule has 0 bridgehead atoms. The van der Waals surface area contributed by atoms with E-state index in [0.29, 0.717) is 28.4 Å². The van der Waals surface area contributed by atoms with E-state index in [1.165, 1.54) is 48.6 Å². The second-order valence-electron chi connectivity index (χ2n) is 27.3. The maximum absolute atomic E-state index is 9.56. The molecule has 0 saturated heterocycles. The summed E-state index contributed by atoms with van der Waals surface area (Å²) in [5.74, 6) is 1.81. The predicted molar refractivity (Wildman–Crippen MR) is 356 cm³/mol. The van der Waals surface area contributed by atoms with Crippen LogP contribution in [0.15, 0.2) is 194 Å². The van der Waals surface area contributed by atoms with Crippen LogP contribution in [0.25, 0.3) is 33.4 Å². The summed E-state index contributed by atoms with van der Waals surface area (Å²) >= 11 is 0. The fourth-order valence-electron chi connectivity index (χ4n) is 12.6. The van der Waals surface area contributed by atoms with Gasteiger partial charge in [-0.1, -0.05) is 215 Å². The van der Waals surface area contributed by atoms with Crippen LogP contribution in [0.4, 0.5) is 39.9 Å². The first kappa shape index (κ1) is 51.6. The van der Waals surface area contributed by atoms with E-state index in [9.17, 15) is 2.74 Å². The summed E-state index contributed by atoms with van der Waals surface area (Å²) in [7, 11) is -3.01. The standard InChI is InChI=1S/C78H75N4OSi.Pt/c1-50-31-34-69-63(39-50)64-40-51(2)32-35-70(64)84(69)71-30-21-20-29-67(71)82(73-46-54(37-38-79-73)75(3,4)5)68-48-60(33-36-72(68)84)83-59-26-22-25-58(47-59)80-49-81(66-28-19-18-27-65(66)80)74-61(52-23-16-15-17-24-52)44-57(78(12,13)14)45-62(74)53-41-55(76(6,7)8)43-56(42-53)77(9,10)11;/h15-46,49H,1-14H3;/q-3;/i15D,16D,17D,23D,24D;.